The van der Waals surface area contributed by atoms with Crippen LogP contribution in [0.2, 0.25) is 0 Å². The second-order valence-corrected chi connectivity index (χ2v) is 11.1. The zero-order chi connectivity index (χ0) is 24.6. The molecule has 1 heterocycles. The molecule has 0 radical (unpaired) electrons. The lowest BCUT2D eigenvalue weighted by Gasteiger charge is -2.33. The number of phenolic OH excluding ortho intramolecular Hbond substituents is 1. The van der Waals surface area contributed by atoms with Crippen molar-refractivity contribution < 1.29 is 9.90 Å². The van der Waals surface area contributed by atoms with Gasteiger partial charge in [0, 0.05) is 12.2 Å². The molecule has 0 spiro atoms. The number of hydrogen-bond acceptors (Lipinski definition) is 3. The van der Waals surface area contributed by atoms with Gasteiger partial charge in [-0.25, -0.2) is 0 Å². The molecule has 2 aromatic rings. The standard InChI is InChI=1S/C27H35N3O2S/c1-16-21(24(32)28-15-17-11-9-8-10-12-17)22(30-25(33)29-16)18-13-19(26(2,3)4)23(31)20(14-18)27(5,6)7/h8-14,22,31H,15H2,1-7H3,(H,28,32)(H2,29,30,33). The van der Waals surface area contributed by atoms with Crippen LogP contribution in [0.25, 0.3) is 0 Å². The van der Waals surface area contributed by atoms with Gasteiger partial charge in [0.15, 0.2) is 5.11 Å². The average Bonchev–Trinajstić information content (AvgIpc) is 2.70. The number of phenols is 1. The minimum Gasteiger partial charge on any atom is -0.507 e. The highest BCUT2D eigenvalue weighted by Crippen LogP contribution is 2.42. The number of rotatable bonds is 4. The first-order chi connectivity index (χ1) is 15.3. The first-order valence-electron chi connectivity index (χ1n) is 11.3. The Bertz CT molecular complexity index is 1060. The average molecular weight is 466 g/mol. The van der Waals surface area contributed by atoms with Crippen molar-refractivity contribution in [3.05, 3.63) is 76.0 Å². The fraction of sp³-hybridized carbons (Fsp3) is 0.407. The number of nitrogens with one attached hydrogen (secondary N) is 3. The highest BCUT2D eigenvalue weighted by molar-refractivity contribution is 7.80. The van der Waals surface area contributed by atoms with Crippen LogP contribution in [-0.2, 0) is 22.2 Å². The van der Waals surface area contributed by atoms with E-state index in [1.807, 2.05) is 49.4 Å². The molecule has 1 unspecified atom stereocenters. The maximum absolute atomic E-state index is 13.4. The summed E-state index contributed by atoms with van der Waals surface area (Å²) in [7, 11) is 0. The highest BCUT2D eigenvalue weighted by Gasteiger charge is 2.33. The van der Waals surface area contributed by atoms with Crippen LogP contribution in [0, 0.1) is 0 Å². The van der Waals surface area contributed by atoms with Crippen LogP contribution in [0.4, 0.5) is 0 Å². The van der Waals surface area contributed by atoms with Crippen molar-refractivity contribution in [2.45, 2.75) is 71.9 Å². The van der Waals surface area contributed by atoms with Gasteiger partial charge in [0.05, 0.1) is 11.6 Å². The third kappa shape index (κ3) is 5.56. The summed E-state index contributed by atoms with van der Waals surface area (Å²) in [4.78, 5) is 13.4. The number of allylic oxidation sites excluding steroid dienone is 1. The minimum atomic E-state index is -0.433. The van der Waals surface area contributed by atoms with Crippen molar-refractivity contribution in [3.63, 3.8) is 0 Å². The van der Waals surface area contributed by atoms with Crippen LogP contribution in [0.1, 0.15) is 76.8 Å². The monoisotopic (exact) mass is 465 g/mol. The molecular weight excluding hydrogens is 430 g/mol. The Morgan fingerprint density at radius 1 is 1.03 bits per heavy atom. The van der Waals surface area contributed by atoms with E-state index in [-0.39, 0.29) is 16.7 Å². The fourth-order valence-corrected chi connectivity index (χ4v) is 4.36. The van der Waals surface area contributed by atoms with E-state index in [0.717, 1.165) is 28.0 Å². The van der Waals surface area contributed by atoms with Gasteiger partial charge >= 0.3 is 0 Å². The Morgan fingerprint density at radius 3 is 2.09 bits per heavy atom. The maximum atomic E-state index is 13.4. The number of hydrogen-bond donors (Lipinski definition) is 4. The van der Waals surface area contributed by atoms with Gasteiger partial charge < -0.3 is 21.1 Å². The van der Waals surface area contributed by atoms with Crippen LogP contribution >= 0.6 is 12.2 Å². The van der Waals surface area contributed by atoms with Gasteiger partial charge in [-0.15, -0.1) is 0 Å². The summed E-state index contributed by atoms with van der Waals surface area (Å²) in [5.74, 6) is 0.151. The second-order valence-electron chi connectivity index (χ2n) is 10.7. The molecule has 0 saturated heterocycles. The van der Waals surface area contributed by atoms with Gasteiger partial charge in [0.25, 0.3) is 5.91 Å². The summed E-state index contributed by atoms with van der Waals surface area (Å²) in [5.41, 5.74) is 4.38. The molecule has 2 aromatic carbocycles. The number of carbonyl (C=O) groups excluding carboxylic acids is 1. The van der Waals surface area contributed by atoms with Crippen LogP contribution in [0.3, 0.4) is 0 Å². The maximum Gasteiger partial charge on any atom is 0.251 e. The Hall–Kier alpha value is -2.86. The summed E-state index contributed by atoms with van der Waals surface area (Å²) in [6.07, 6.45) is 0. The minimum absolute atomic E-state index is 0.161. The van der Waals surface area contributed by atoms with E-state index in [1.165, 1.54) is 0 Å². The summed E-state index contributed by atoms with van der Waals surface area (Å²) < 4.78 is 0. The zero-order valence-corrected chi connectivity index (χ0v) is 21.4. The molecule has 0 aliphatic carbocycles. The van der Waals surface area contributed by atoms with Crippen LogP contribution < -0.4 is 16.0 Å². The Morgan fingerprint density at radius 2 is 1.58 bits per heavy atom. The van der Waals surface area contributed by atoms with Crippen molar-refractivity contribution in [1.29, 1.82) is 0 Å². The Labute approximate surface area is 202 Å². The summed E-state index contributed by atoms with van der Waals surface area (Å²) >= 11 is 5.44. The molecular formula is C27H35N3O2S. The second kappa shape index (κ2) is 9.18. The van der Waals surface area contributed by atoms with Crippen LogP contribution in [0.15, 0.2) is 53.7 Å². The number of thiocarbonyl (C=S) groups is 1. The molecule has 176 valence electrons. The van der Waals surface area contributed by atoms with E-state index in [2.05, 4.69) is 57.5 Å². The van der Waals surface area contributed by atoms with Crippen molar-refractivity contribution in [1.82, 2.24) is 16.0 Å². The zero-order valence-electron chi connectivity index (χ0n) is 20.6. The molecule has 1 amide bonds. The van der Waals surface area contributed by atoms with Gasteiger partial charge in [-0.2, -0.15) is 0 Å². The molecule has 1 aliphatic heterocycles. The number of amides is 1. The van der Waals surface area contributed by atoms with Gasteiger partial charge in [-0.3, -0.25) is 4.79 Å². The lowest BCUT2D eigenvalue weighted by atomic mass is 9.77. The normalized spacial score (nSPS) is 16.8. The molecule has 4 N–H and O–H groups in total. The smallest absolute Gasteiger partial charge is 0.251 e. The molecule has 33 heavy (non-hydrogen) atoms. The number of carbonyl (C=O) groups is 1. The lowest BCUT2D eigenvalue weighted by molar-refractivity contribution is -0.118. The van der Waals surface area contributed by atoms with E-state index >= 15 is 0 Å². The summed E-state index contributed by atoms with van der Waals surface area (Å²) in [6.45, 7) is 14.8. The third-order valence-corrected chi connectivity index (χ3v) is 6.11. The SMILES string of the molecule is CC1=C(C(=O)NCc2ccccc2)C(c2cc(C(C)(C)C)c(O)c(C(C)(C)C)c2)NC(=S)N1. The molecule has 1 aliphatic rings. The molecule has 3 rings (SSSR count). The fourth-order valence-electron chi connectivity index (χ4n) is 4.09. The molecule has 1 atom stereocenters. The van der Waals surface area contributed by atoms with Crippen molar-refractivity contribution in [2.75, 3.05) is 0 Å². The van der Waals surface area contributed by atoms with Gasteiger partial charge in [0.2, 0.25) is 0 Å². The van der Waals surface area contributed by atoms with E-state index in [9.17, 15) is 9.90 Å². The molecule has 6 heteroatoms. The first-order valence-corrected chi connectivity index (χ1v) is 11.7. The lowest BCUT2D eigenvalue weighted by Crippen LogP contribution is -2.46. The third-order valence-electron chi connectivity index (χ3n) is 5.89. The topological polar surface area (TPSA) is 73.4 Å². The predicted molar refractivity (Wildman–Crippen MR) is 138 cm³/mol. The first kappa shape index (κ1) is 24.8. The molecule has 0 bridgehead atoms. The molecule has 0 aromatic heterocycles. The predicted octanol–water partition coefficient (Wildman–Crippen LogP) is 5.10. The number of aromatic hydroxyl groups is 1. The largest absolute Gasteiger partial charge is 0.507 e. The Kier molecular flexibility index (Phi) is 6.89. The van der Waals surface area contributed by atoms with Gasteiger partial charge in [-0.05, 0) is 64.4 Å². The molecule has 0 saturated carbocycles. The molecule has 5 nitrogen and oxygen atoms in total. The summed E-state index contributed by atoms with van der Waals surface area (Å²) in [6, 6.07) is 13.4. The van der Waals surface area contributed by atoms with E-state index in [1.54, 1.807) is 0 Å². The van der Waals surface area contributed by atoms with Gasteiger partial charge in [0.1, 0.15) is 5.75 Å². The van der Waals surface area contributed by atoms with E-state index in [4.69, 9.17) is 12.2 Å². The van der Waals surface area contributed by atoms with Gasteiger partial charge in [-0.1, -0.05) is 71.9 Å². The number of benzene rings is 2. The highest BCUT2D eigenvalue weighted by atomic mass is 32.1. The quantitative estimate of drug-likeness (QED) is 0.473. The van der Waals surface area contributed by atoms with Crippen molar-refractivity contribution >= 4 is 23.2 Å². The van der Waals surface area contributed by atoms with E-state index < -0.39 is 6.04 Å². The van der Waals surface area contributed by atoms with Crippen molar-refractivity contribution in [2.24, 2.45) is 0 Å². The molecule has 0 fully saturated rings. The van der Waals surface area contributed by atoms with E-state index in [0.29, 0.717) is 23.0 Å². The van der Waals surface area contributed by atoms with Crippen LogP contribution in [-0.4, -0.2) is 16.1 Å². The van der Waals surface area contributed by atoms with Crippen molar-refractivity contribution in [3.8, 4) is 5.75 Å². The van der Waals surface area contributed by atoms with Crippen LogP contribution in [0.5, 0.6) is 5.75 Å². The Balaban J connectivity index is 2.07. The summed E-state index contributed by atoms with van der Waals surface area (Å²) in [5, 5.41) is 21.0.